The SMILES string of the molecule is COc1ccc(NC(=O)c2sc(NS(=O)(=O)c3ccc(C)cc3)nc2C)cc1OC. The third-order valence-electron chi connectivity index (χ3n) is 4.20. The molecule has 0 aliphatic carbocycles. The van der Waals surface area contributed by atoms with E-state index in [-0.39, 0.29) is 10.0 Å². The standard InChI is InChI=1S/C20H21N3O5S2/c1-12-5-8-15(9-6-12)30(25,26)23-20-21-13(2)18(29-20)19(24)22-14-7-10-16(27-3)17(11-14)28-4/h5-11H,1-4H3,(H,21,23)(H,22,24). The zero-order valence-electron chi connectivity index (χ0n) is 16.8. The van der Waals surface area contributed by atoms with Gasteiger partial charge in [0.1, 0.15) is 4.88 Å². The average Bonchev–Trinajstić information content (AvgIpc) is 3.07. The lowest BCUT2D eigenvalue weighted by atomic mass is 10.2. The molecule has 2 aromatic carbocycles. The second kappa shape index (κ2) is 8.72. The van der Waals surface area contributed by atoms with Crippen LogP contribution in [-0.4, -0.2) is 33.5 Å². The molecule has 0 saturated heterocycles. The Labute approximate surface area is 178 Å². The van der Waals surface area contributed by atoms with Crippen molar-refractivity contribution < 1.29 is 22.7 Å². The lowest BCUT2D eigenvalue weighted by molar-refractivity contribution is 0.102. The molecule has 0 unspecified atom stereocenters. The molecule has 1 aromatic heterocycles. The van der Waals surface area contributed by atoms with Gasteiger partial charge in [0.2, 0.25) is 0 Å². The molecule has 0 atom stereocenters. The van der Waals surface area contributed by atoms with Gasteiger partial charge in [-0.05, 0) is 38.1 Å². The van der Waals surface area contributed by atoms with Gasteiger partial charge in [-0.25, -0.2) is 13.4 Å². The number of sulfonamides is 1. The molecule has 0 saturated carbocycles. The van der Waals surface area contributed by atoms with Crippen molar-refractivity contribution >= 4 is 38.1 Å². The monoisotopic (exact) mass is 447 g/mol. The number of thiazole rings is 1. The number of hydrogen-bond donors (Lipinski definition) is 2. The number of hydrogen-bond acceptors (Lipinski definition) is 7. The summed E-state index contributed by atoms with van der Waals surface area (Å²) in [5.41, 5.74) is 1.87. The number of nitrogens with one attached hydrogen (secondary N) is 2. The quantitative estimate of drug-likeness (QED) is 0.570. The first kappa shape index (κ1) is 21.6. The van der Waals surface area contributed by atoms with Crippen molar-refractivity contribution in [2.75, 3.05) is 24.3 Å². The average molecular weight is 448 g/mol. The van der Waals surface area contributed by atoms with Crippen molar-refractivity contribution in [3.8, 4) is 11.5 Å². The summed E-state index contributed by atoms with van der Waals surface area (Å²) in [5.74, 6) is 0.609. The second-order valence-corrected chi connectivity index (χ2v) is 9.06. The highest BCUT2D eigenvalue weighted by atomic mass is 32.2. The summed E-state index contributed by atoms with van der Waals surface area (Å²) in [6.45, 7) is 3.51. The number of carbonyl (C=O) groups is 1. The molecule has 0 spiro atoms. The summed E-state index contributed by atoms with van der Waals surface area (Å²) in [4.78, 5) is 17.3. The number of aromatic nitrogens is 1. The van der Waals surface area contributed by atoms with E-state index >= 15 is 0 Å². The zero-order valence-corrected chi connectivity index (χ0v) is 18.5. The van der Waals surface area contributed by atoms with Gasteiger partial charge in [-0.15, -0.1) is 0 Å². The van der Waals surface area contributed by atoms with Crippen molar-refractivity contribution in [3.63, 3.8) is 0 Å². The smallest absolute Gasteiger partial charge is 0.267 e. The number of anilines is 2. The normalized spacial score (nSPS) is 11.1. The van der Waals surface area contributed by atoms with Crippen molar-refractivity contribution in [1.82, 2.24) is 4.98 Å². The Morgan fingerprint density at radius 1 is 1.00 bits per heavy atom. The van der Waals surface area contributed by atoms with Gasteiger partial charge in [-0.2, -0.15) is 0 Å². The fourth-order valence-corrected chi connectivity index (χ4v) is 4.74. The van der Waals surface area contributed by atoms with Gasteiger partial charge in [-0.1, -0.05) is 29.0 Å². The van der Waals surface area contributed by atoms with E-state index in [1.165, 1.54) is 26.4 Å². The summed E-state index contributed by atoms with van der Waals surface area (Å²) in [7, 11) is -0.772. The maximum atomic E-state index is 12.7. The van der Waals surface area contributed by atoms with Gasteiger partial charge < -0.3 is 14.8 Å². The molecular weight excluding hydrogens is 426 g/mol. The Kier molecular flexibility index (Phi) is 6.28. The minimum absolute atomic E-state index is 0.116. The number of methoxy groups -OCH3 is 2. The van der Waals surface area contributed by atoms with E-state index in [0.717, 1.165) is 16.9 Å². The minimum atomic E-state index is -3.80. The molecule has 1 heterocycles. The molecule has 0 fully saturated rings. The number of amides is 1. The number of rotatable bonds is 7. The van der Waals surface area contributed by atoms with Crippen LogP contribution >= 0.6 is 11.3 Å². The lowest BCUT2D eigenvalue weighted by Gasteiger charge is -2.10. The second-order valence-electron chi connectivity index (χ2n) is 6.38. The Morgan fingerprint density at radius 3 is 2.30 bits per heavy atom. The highest BCUT2D eigenvalue weighted by Crippen LogP contribution is 2.31. The molecule has 30 heavy (non-hydrogen) atoms. The van der Waals surface area contributed by atoms with Gasteiger partial charge in [0.15, 0.2) is 16.6 Å². The molecule has 0 aliphatic rings. The number of ether oxygens (including phenoxy) is 2. The predicted molar refractivity (Wildman–Crippen MR) is 116 cm³/mol. The summed E-state index contributed by atoms with van der Waals surface area (Å²) >= 11 is 0.960. The molecule has 3 rings (SSSR count). The first-order valence-corrected chi connectivity index (χ1v) is 11.1. The van der Waals surface area contributed by atoms with E-state index in [1.807, 2.05) is 6.92 Å². The van der Waals surface area contributed by atoms with Crippen LogP contribution in [0.5, 0.6) is 11.5 Å². The third kappa shape index (κ3) is 4.71. The van der Waals surface area contributed by atoms with Gasteiger partial charge in [0.25, 0.3) is 15.9 Å². The van der Waals surface area contributed by atoms with Crippen molar-refractivity contribution in [3.05, 3.63) is 58.6 Å². The van der Waals surface area contributed by atoms with Crippen molar-refractivity contribution in [2.24, 2.45) is 0 Å². The summed E-state index contributed by atoms with van der Waals surface area (Å²) in [6.07, 6.45) is 0. The van der Waals surface area contributed by atoms with Gasteiger partial charge in [0.05, 0.1) is 24.8 Å². The third-order valence-corrected chi connectivity index (χ3v) is 6.75. The van der Waals surface area contributed by atoms with Crippen molar-refractivity contribution in [2.45, 2.75) is 18.7 Å². The first-order chi connectivity index (χ1) is 14.2. The maximum Gasteiger partial charge on any atom is 0.267 e. The fraction of sp³-hybridized carbons (Fsp3) is 0.200. The Hall–Kier alpha value is -3.11. The van der Waals surface area contributed by atoms with Crippen LogP contribution in [0, 0.1) is 13.8 Å². The van der Waals surface area contributed by atoms with Crippen LogP contribution in [0.25, 0.3) is 0 Å². The van der Waals surface area contributed by atoms with E-state index in [1.54, 1.807) is 37.3 Å². The predicted octanol–water partition coefficient (Wildman–Crippen LogP) is 3.83. The Morgan fingerprint density at radius 2 is 1.67 bits per heavy atom. The largest absolute Gasteiger partial charge is 0.493 e. The van der Waals surface area contributed by atoms with Crippen LogP contribution in [0.4, 0.5) is 10.8 Å². The number of nitrogens with zero attached hydrogens (tertiary/aromatic N) is 1. The Balaban J connectivity index is 1.78. The van der Waals surface area contributed by atoms with Crippen LogP contribution in [0.3, 0.4) is 0 Å². The van der Waals surface area contributed by atoms with Crippen LogP contribution < -0.4 is 19.5 Å². The molecule has 8 nitrogen and oxygen atoms in total. The summed E-state index contributed by atoms with van der Waals surface area (Å²) < 4.78 is 38.0. The van der Waals surface area contributed by atoms with Gasteiger partial charge >= 0.3 is 0 Å². The maximum absolute atomic E-state index is 12.7. The van der Waals surface area contributed by atoms with Crippen LogP contribution in [0.1, 0.15) is 20.9 Å². The van der Waals surface area contributed by atoms with E-state index in [0.29, 0.717) is 27.8 Å². The lowest BCUT2D eigenvalue weighted by Crippen LogP contribution is -2.12. The molecule has 10 heteroatoms. The molecule has 0 radical (unpaired) electrons. The molecule has 2 N–H and O–H groups in total. The van der Waals surface area contributed by atoms with Crippen LogP contribution in [0.2, 0.25) is 0 Å². The topological polar surface area (TPSA) is 107 Å². The highest BCUT2D eigenvalue weighted by Gasteiger charge is 2.20. The van der Waals surface area contributed by atoms with E-state index in [2.05, 4.69) is 15.0 Å². The zero-order chi connectivity index (χ0) is 21.9. The molecule has 0 aliphatic heterocycles. The number of benzene rings is 2. The number of carbonyl (C=O) groups excluding carboxylic acids is 1. The minimum Gasteiger partial charge on any atom is -0.493 e. The summed E-state index contributed by atoms with van der Waals surface area (Å²) in [5, 5.41) is 2.87. The van der Waals surface area contributed by atoms with E-state index < -0.39 is 15.9 Å². The molecule has 1 amide bonds. The fourth-order valence-electron chi connectivity index (χ4n) is 2.64. The first-order valence-electron chi connectivity index (χ1n) is 8.84. The Bertz CT molecular complexity index is 1170. The molecule has 3 aromatic rings. The van der Waals surface area contributed by atoms with Gasteiger partial charge in [-0.3, -0.25) is 9.52 Å². The molecular formula is C20H21N3O5S2. The molecule has 158 valence electrons. The van der Waals surface area contributed by atoms with Crippen LogP contribution in [0.15, 0.2) is 47.4 Å². The highest BCUT2D eigenvalue weighted by molar-refractivity contribution is 7.93. The van der Waals surface area contributed by atoms with Gasteiger partial charge in [0, 0.05) is 11.8 Å². The van der Waals surface area contributed by atoms with Crippen molar-refractivity contribution in [1.29, 1.82) is 0 Å². The van der Waals surface area contributed by atoms with Crippen LogP contribution in [-0.2, 0) is 10.0 Å². The number of aryl methyl sites for hydroxylation is 2. The van der Waals surface area contributed by atoms with E-state index in [4.69, 9.17) is 9.47 Å². The summed E-state index contributed by atoms with van der Waals surface area (Å²) in [6, 6.07) is 11.4. The van der Waals surface area contributed by atoms with E-state index in [9.17, 15) is 13.2 Å². The molecule has 0 bridgehead atoms.